The van der Waals surface area contributed by atoms with Gasteiger partial charge in [0, 0.05) is 0 Å². The fourth-order valence-electron chi connectivity index (χ4n) is 0.0373. The van der Waals surface area contributed by atoms with E-state index in [0.29, 0.717) is 0 Å². The first kappa shape index (κ1) is 5.80. The van der Waals surface area contributed by atoms with Crippen molar-refractivity contribution < 1.29 is 9.67 Å². The van der Waals surface area contributed by atoms with Crippen molar-refractivity contribution in [3.63, 3.8) is 0 Å². The van der Waals surface area contributed by atoms with E-state index in [-0.39, 0.29) is 14.3 Å². The molecule has 1 radical (unpaired) electrons. The molecule has 0 atom stereocenters. The Hall–Kier alpha value is -0.200. The van der Waals surface area contributed by atoms with Gasteiger partial charge in [-0.3, -0.25) is 4.57 Å². The van der Waals surface area contributed by atoms with Crippen LogP contribution >= 0.6 is 8.46 Å². The number of hydrogen-bond acceptors (Lipinski definition) is 2. The third-order valence-corrected chi connectivity index (χ3v) is 0.646. The number of aliphatic hydroxyl groups is 1. The summed E-state index contributed by atoms with van der Waals surface area (Å²) >= 11 is 0. The highest BCUT2D eigenvalue weighted by Crippen LogP contribution is 2.09. The first-order valence-corrected chi connectivity index (χ1v) is 2.14. The Labute approximate surface area is 37.7 Å². The fourth-order valence-corrected chi connectivity index (χ4v) is 0.112. The van der Waals surface area contributed by atoms with Gasteiger partial charge in [0.15, 0.2) is 8.46 Å². The first-order valence-electron chi connectivity index (χ1n) is 1.33. The van der Waals surface area contributed by atoms with Crippen molar-refractivity contribution in [3.05, 3.63) is 18.5 Å². The van der Waals surface area contributed by atoms with E-state index in [9.17, 15) is 4.57 Å². The molecule has 0 aliphatic rings. The normalized spacial score (nSPS) is 9.67. The first-order chi connectivity index (χ1) is 2.81. The molecular weight excluding hydrogens is 99.0 g/mol. The Morgan fingerprint density at radius 1 is 2.00 bits per heavy atom. The van der Waals surface area contributed by atoms with Crippen LogP contribution in [-0.4, -0.2) is 5.11 Å². The zero-order valence-corrected chi connectivity index (χ0v) is 3.98. The van der Waals surface area contributed by atoms with Crippen LogP contribution < -0.4 is 0 Å². The van der Waals surface area contributed by atoms with Gasteiger partial charge in [-0.25, -0.2) is 0 Å². The lowest BCUT2D eigenvalue weighted by Gasteiger charge is -1.79. The molecule has 0 aliphatic heterocycles. The summed E-state index contributed by atoms with van der Waals surface area (Å²) in [6, 6.07) is 0. The minimum Gasteiger partial charge on any atom is -0.371 e. The van der Waals surface area contributed by atoms with Crippen molar-refractivity contribution >= 4 is 8.46 Å². The van der Waals surface area contributed by atoms with Crippen LogP contribution in [-0.2, 0) is 4.57 Å². The Morgan fingerprint density at radius 2 is 2.50 bits per heavy atom. The van der Waals surface area contributed by atoms with Crippen LogP contribution in [0.5, 0.6) is 0 Å². The molecule has 0 unspecified atom stereocenters. The van der Waals surface area contributed by atoms with Gasteiger partial charge in [0.1, 0.15) is 0 Å². The predicted octanol–water partition coefficient (Wildman–Crippen LogP) is 1.33. The van der Waals surface area contributed by atoms with E-state index >= 15 is 0 Å². The smallest absolute Gasteiger partial charge is 0.206 e. The van der Waals surface area contributed by atoms with Gasteiger partial charge in [0.2, 0.25) is 5.85 Å². The van der Waals surface area contributed by atoms with E-state index in [1.807, 2.05) is 0 Å². The molecule has 33 valence electrons. The van der Waals surface area contributed by atoms with Crippen LogP contribution in [0.15, 0.2) is 12.7 Å². The molecule has 0 rings (SSSR count). The zero-order valence-electron chi connectivity index (χ0n) is 3.09. The van der Waals surface area contributed by atoms with Crippen LogP contribution in [0.2, 0.25) is 0 Å². The molecule has 0 spiro atoms. The SMILES string of the molecule is C=C[C](O)P=O. The maximum Gasteiger partial charge on any atom is 0.206 e. The monoisotopic (exact) mass is 103 g/mol. The van der Waals surface area contributed by atoms with Crippen LogP contribution in [0.1, 0.15) is 0 Å². The van der Waals surface area contributed by atoms with Crippen molar-refractivity contribution in [2.24, 2.45) is 0 Å². The topological polar surface area (TPSA) is 37.3 Å². The molecule has 0 amide bonds. The molecule has 0 heterocycles. The van der Waals surface area contributed by atoms with Crippen molar-refractivity contribution in [1.82, 2.24) is 0 Å². The minimum absolute atomic E-state index is 0.227. The van der Waals surface area contributed by atoms with E-state index in [1.165, 1.54) is 0 Å². The fraction of sp³-hybridized carbons (Fsp3) is 0. The van der Waals surface area contributed by atoms with Gasteiger partial charge in [0.25, 0.3) is 0 Å². The molecule has 0 aromatic heterocycles. The van der Waals surface area contributed by atoms with Gasteiger partial charge in [-0.2, -0.15) is 0 Å². The van der Waals surface area contributed by atoms with Gasteiger partial charge in [-0.1, -0.05) is 6.58 Å². The summed E-state index contributed by atoms with van der Waals surface area (Å²) in [5, 5.41) is 8.14. The molecule has 3 heteroatoms. The van der Waals surface area contributed by atoms with Crippen molar-refractivity contribution in [3.8, 4) is 0 Å². The maximum atomic E-state index is 9.47. The summed E-state index contributed by atoms with van der Waals surface area (Å²) in [6.45, 7) is 3.14. The highest BCUT2D eigenvalue weighted by Gasteiger charge is 1.91. The zero-order chi connectivity index (χ0) is 4.99. The largest absolute Gasteiger partial charge is 0.371 e. The van der Waals surface area contributed by atoms with E-state index < -0.39 is 0 Å². The van der Waals surface area contributed by atoms with Gasteiger partial charge in [-0.05, 0) is 6.08 Å². The second kappa shape index (κ2) is 3.01. The molecule has 0 aromatic carbocycles. The van der Waals surface area contributed by atoms with Crippen LogP contribution in [0.3, 0.4) is 0 Å². The van der Waals surface area contributed by atoms with Gasteiger partial charge in [0.05, 0.1) is 0 Å². The average Bonchev–Trinajstić information content (AvgIpc) is 1.65. The predicted molar refractivity (Wildman–Crippen MR) is 23.0 cm³/mol. The molecule has 0 aliphatic carbocycles. The maximum absolute atomic E-state index is 9.47. The Bertz CT molecular complexity index is 53.8. The average molecular weight is 103 g/mol. The van der Waals surface area contributed by atoms with Crippen LogP contribution in [0, 0.1) is 5.85 Å². The lowest BCUT2D eigenvalue weighted by atomic mass is 10.7. The Kier molecular flexibility index (Phi) is 2.91. The molecule has 0 bridgehead atoms. The van der Waals surface area contributed by atoms with Gasteiger partial charge >= 0.3 is 0 Å². The van der Waals surface area contributed by atoms with Crippen LogP contribution in [0.25, 0.3) is 0 Å². The molecule has 0 aromatic rings. The molecule has 2 nitrogen and oxygen atoms in total. The van der Waals surface area contributed by atoms with E-state index in [4.69, 9.17) is 5.11 Å². The lowest BCUT2D eigenvalue weighted by molar-refractivity contribution is 0.391. The highest BCUT2D eigenvalue weighted by atomic mass is 31.1. The summed E-state index contributed by atoms with van der Waals surface area (Å²) in [7, 11) is -0.368. The number of hydrogen-bond donors (Lipinski definition) is 1. The summed E-state index contributed by atoms with van der Waals surface area (Å²) in [5.74, 6) is -0.227. The second-order valence-corrected chi connectivity index (χ2v) is 1.29. The Morgan fingerprint density at radius 3 is 2.50 bits per heavy atom. The van der Waals surface area contributed by atoms with E-state index in [1.54, 1.807) is 0 Å². The molecule has 1 N–H and O–H groups in total. The third kappa shape index (κ3) is 2.06. The summed E-state index contributed by atoms with van der Waals surface area (Å²) in [5.41, 5.74) is 0. The number of rotatable bonds is 2. The molecule has 6 heavy (non-hydrogen) atoms. The van der Waals surface area contributed by atoms with Crippen molar-refractivity contribution in [2.75, 3.05) is 0 Å². The lowest BCUT2D eigenvalue weighted by Crippen LogP contribution is -1.70. The quantitative estimate of drug-likeness (QED) is 0.535. The van der Waals surface area contributed by atoms with Gasteiger partial charge in [-0.15, -0.1) is 0 Å². The molecule has 0 saturated carbocycles. The Balaban J connectivity index is 3.21. The van der Waals surface area contributed by atoms with Gasteiger partial charge < -0.3 is 5.11 Å². The molecular formula is C3H4O2P. The van der Waals surface area contributed by atoms with E-state index in [0.717, 1.165) is 6.08 Å². The number of aliphatic hydroxyl groups excluding tert-OH is 1. The molecule has 0 saturated heterocycles. The third-order valence-electron chi connectivity index (χ3n) is 0.276. The second-order valence-electron chi connectivity index (χ2n) is 0.654. The summed E-state index contributed by atoms with van der Waals surface area (Å²) in [6.07, 6.45) is 1.12. The van der Waals surface area contributed by atoms with Crippen LogP contribution in [0.4, 0.5) is 0 Å². The highest BCUT2D eigenvalue weighted by molar-refractivity contribution is 7.27. The standard InChI is InChI=1S/C3H4O2P/c1-2-3(4)6-5/h2,4H,1H2. The van der Waals surface area contributed by atoms with Crippen molar-refractivity contribution in [1.29, 1.82) is 0 Å². The van der Waals surface area contributed by atoms with Crippen molar-refractivity contribution in [2.45, 2.75) is 0 Å². The minimum atomic E-state index is -0.368. The molecule has 0 fully saturated rings. The van der Waals surface area contributed by atoms with E-state index in [2.05, 4.69) is 6.58 Å². The summed E-state index contributed by atoms with van der Waals surface area (Å²) in [4.78, 5) is 0. The summed E-state index contributed by atoms with van der Waals surface area (Å²) < 4.78 is 9.47.